The third-order valence-electron chi connectivity index (χ3n) is 2.62. The van der Waals surface area contributed by atoms with Gasteiger partial charge in [-0.05, 0) is 18.9 Å². The van der Waals surface area contributed by atoms with E-state index in [0.29, 0.717) is 13.1 Å². The molecule has 1 fully saturated rings. The molecule has 0 unspecified atom stereocenters. The molecule has 1 saturated heterocycles. The van der Waals surface area contributed by atoms with Crippen molar-refractivity contribution < 1.29 is 13.2 Å². The van der Waals surface area contributed by atoms with Crippen molar-refractivity contribution in [3.63, 3.8) is 0 Å². The Labute approximate surface area is 116 Å². The largest absolute Gasteiger partial charge is 0.340 e. The number of nitrogens with zero attached hydrogens (tertiary/aromatic N) is 1. The summed E-state index contributed by atoms with van der Waals surface area (Å²) in [5, 5.41) is 3.18. The van der Waals surface area contributed by atoms with Crippen LogP contribution in [-0.4, -0.2) is 56.9 Å². The first-order valence-electron chi connectivity index (χ1n) is 6.09. The molecule has 1 aliphatic rings. The number of hydrogen-bond acceptors (Lipinski definition) is 4. The number of hydrogen-bond donors (Lipinski definition) is 1. The molecule has 0 aromatic rings. The Bertz CT molecular complexity index is 349. The van der Waals surface area contributed by atoms with Gasteiger partial charge < -0.3 is 10.2 Å². The minimum Gasteiger partial charge on any atom is -0.340 e. The fourth-order valence-electron chi connectivity index (χ4n) is 1.94. The Morgan fingerprint density at radius 2 is 1.94 bits per heavy atom. The smallest absolute Gasteiger partial charge is 0.237 e. The van der Waals surface area contributed by atoms with Gasteiger partial charge in [0, 0.05) is 19.6 Å². The second-order valence-electron chi connectivity index (χ2n) is 4.93. The van der Waals surface area contributed by atoms with Crippen LogP contribution in [0.15, 0.2) is 0 Å². The van der Waals surface area contributed by atoms with Crippen LogP contribution in [0.3, 0.4) is 0 Å². The molecule has 0 radical (unpaired) electrons. The SMILES string of the molecule is CC(C)CS(=O)(=O)CC(=O)N1CCCNCC1.Cl. The fraction of sp³-hybridized carbons (Fsp3) is 0.909. The monoisotopic (exact) mass is 298 g/mol. The molecule has 0 aliphatic carbocycles. The lowest BCUT2D eigenvalue weighted by Crippen LogP contribution is -2.38. The van der Waals surface area contributed by atoms with Gasteiger partial charge in [0.25, 0.3) is 0 Å². The van der Waals surface area contributed by atoms with Crippen LogP contribution in [0.4, 0.5) is 0 Å². The average molecular weight is 299 g/mol. The van der Waals surface area contributed by atoms with Crippen molar-refractivity contribution in [3.8, 4) is 0 Å². The van der Waals surface area contributed by atoms with Crippen LogP contribution in [0.25, 0.3) is 0 Å². The van der Waals surface area contributed by atoms with Gasteiger partial charge in [0.15, 0.2) is 9.84 Å². The maximum atomic E-state index is 11.9. The highest BCUT2D eigenvalue weighted by Gasteiger charge is 2.23. The predicted octanol–water partition coefficient (Wildman–Crippen LogP) is 0.301. The molecule has 0 aromatic heterocycles. The molecule has 0 aromatic carbocycles. The number of sulfone groups is 1. The summed E-state index contributed by atoms with van der Waals surface area (Å²) in [6, 6.07) is 0. The van der Waals surface area contributed by atoms with Crippen molar-refractivity contribution in [2.75, 3.05) is 37.7 Å². The number of carbonyl (C=O) groups excluding carboxylic acids is 1. The summed E-state index contributed by atoms with van der Waals surface area (Å²) >= 11 is 0. The van der Waals surface area contributed by atoms with E-state index in [4.69, 9.17) is 0 Å². The molecular formula is C11H23ClN2O3S. The van der Waals surface area contributed by atoms with Gasteiger partial charge in [0.05, 0.1) is 5.75 Å². The first-order chi connectivity index (χ1) is 7.91. The van der Waals surface area contributed by atoms with Crippen LogP contribution >= 0.6 is 12.4 Å². The highest BCUT2D eigenvalue weighted by atomic mass is 35.5. The maximum Gasteiger partial charge on any atom is 0.237 e. The highest BCUT2D eigenvalue weighted by Crippen LogP contribution is 2.04. The zero-order valence-electron chi connectivity index (χ0n) is 11.0. The van der Waals surface area contributed by atoms with Crippen LogP contribution in [-0.2, 0) is 14.6 Å². The van der Waals surface area contributed by atoms with Crippen molar-refractivity contribution in [3.05, 3.63) is 0 Å². The molecule has 1 N–H and O–H groups in total. The zero-order chi connectivity index (χ0) is 12.9. The third-order valence-corrected chi connectivity index (χ3v) is 4.48. The number of rotatable bonds is 4. The summed E-state index contributed by atoms with van der Waals surface area (Å²) in [4.78, 5) is 13.5. The second-order valence-corrected chi connectivity index (χ2v) is 7.04. The first-order valence-corrected chi connectivity index (χ1v) is 7.92. The van der Waals surface area contributed by atoms with E-state index in [2.05, 4.69) is 5.32 Å². The zero-order valence-corrected chi connectivity index (χ0v) is 12.6. The van der Waals surface area contributed by atoms with Crippen molar-refractivity contribution >= 4 is 28.2 Å². The molecule has 0 bridgehead atoms. The first kappa shape index (κ1) is 17.7. The highest BCUT2D eigenvalue weighted by molar-refractivity contribution is 7.92. The summed E-state index contributed by atoms with van der Waals surface area (Å²) in [6.07, 6.45) is 0.885. The van der Waals surface area contributed by atoms with E-state index >= 15 is 0 Å². The second kappa shape index (κ2) is 7.96. The van der Waals surface area contributed by atoms with Crippen LogP contribution in [0, 0.1) is 5.92 Å². The third kappa shape index (κ3) is 6.56. The van der Waals surface area contributed by atoms with E-state index in [1.165, 1.54) is 0 Å². The lowest BCUT2D eigenvalue weighted by Gasteiger charge is -2.20. The lowest BCUT2D eigenvalue weighted by molar-refractivity contribution is -0.128. The minimum atomic E-state index is -3.25. The van der Waals surface area contributed by atoms with Gasteiger partial charge >= 0.3 is 0 Å². The van der Waals surface area contributed by atoms with Crippen LogP contribution < -0.4 is 5.32 Å². The molecule has 5 nitrogen and oxygen atoms in total. The van der Waals surface area contributed by atoms with Crippen LogP contribution in [0.2, 0.25) is 0 Å². The van der Waals surface area contributed by atoms with Gasteiger partial charge in [-0.3, -0.25) is 4.79 Å². The van der Waals surface area contributed by atoms with Crippen LogP contribution in [0.1, 0.15) is 20.3 Å². The average Bonchev–Trinajstić information content (AvgIpc) is 2.41. The van der Waals surface area contributed by atoms with Crippen molar-refractivity contribution in [2.45, 2.75) is 20.3 Å². The van der Waals surface area contributed by atoms with Gasteiger partial charge in [-0.2, -0.15) is 0 Å². The van der Waals surface area contributed by atoms with E-state index in [1.807, 2.05) is 13.8 Å². The predicted molar refractivity (Wildman–Crippen MR) is 74.8 cm³/mol. The van der Waals surface area contributed by atoms with Crippen molar-refractivity contribution in [1.82, 2.24) is 10.2 Å². The minimum absolute atomic E-state index is 0. The number of nitrogens with one attached hydrogen (secondary N) is 1. The molecule has 1 heterocycles. The van der Waals surface area contributed by atoms with Gasteiger partial charge in [-0.1, -0.05) is 13.8 Å². The Kier molecular flexibility index (Phi) is 7.82. The van der Waals surface area contributed by atoms with E-state index < -0.39 is 9.84 Å². The normalized spacial score (nSPS) is 17.2. The summed E-state index contributed by atoms with van der Waals surface area (Å²) in [5.74, 6) is -0.441. The summed E-state index contributed by atoms with van der Waals surface area (Å²) in [5.41, 5.74) is 0. The molecule has 1 amide bonds. The molecule has 18 heavy (non-hydrogen) atoms. The van der Waals surface area contributed by atoms with Gasteiger partial charge in [-0.25, -0.2) is 8.42 Å². The van der Waals surface area contributed by atoms with E-state index in [-0.39, 0.29) is 35.7 Å². The Morgan fingerprint density at radius 3 is 2.56 bits per heavy atom. The topological polar surface area (TPSA) is 66.5 Å². The molecule has 0 atom stereocenters. The van der Waals surface area contributed by atoms with Crippen molar-refractivity contribution in [1.29, 1.82) is 0 Å². The number of amides is 1. The van der Waals surface area contributed by atoms with Gasteiger partial charge in [0.1, 0.15) is 5.75 Å². The molecule has 108 valence electrons. The molecule has 1 rings (SSSR count). The Morgan fingerprint density at radius 1 is 1.28 bits per heavy atom. The number of carbonyl (C=O) groups is 1. The summed E-state index contributed by atoms with van der Waals surface area (Å²) < 4.78 is 23.4. The maximum absolute atomic E-state index is 11.9. The molecule has 0 saturated carbocycles. The van der Waals surface area contributed by atoms with Gasteiger partial charge in [0.2, 0.25) is 5.91 Å². The van der Waals surface area contributed by atoms with Crippen molar-refractivity contribution in [2.24, 2.45) is 5.92 Å². The lowest BCUT2D eigenvalue weighted by atomic mass is 10.3. The fourth-order valence-corrected chi connectivity index (χ4v) is 3.63. The van der Waals surface area contributed by atoms with E-state index in [1.54, 1.807) is 4.90 Å². The van der Waals surface area contributed by atoms with Gasteiger partial charge in [-0.15, -0.1) is 12.4 Å². The molecule has 7 heteroatoms. The molecule has 0 spiro atoms. The Hall–Kier alpha value is -0.330. The molecule has 1 aliphatic heterocycles. The standard InChI is InChI=1S/C11H22N2O3S.ClH/c1-10(2)8-17(15,16)9-11(14)13-6-3-4-12-5-7-13;/h10,12H,3-9H2,1-2H3;1H. The van der Waals surface area contributed by atoms with E-state index in [0.717, 1.165) is 19.5 Å². The Balaban J connectivity index is 0.00000289. The molecular weight excluding hydrogens is 276 g/mol. The van der Waals surface area contributed by atoms with Crippen LogP contribution in [0.5, 0.6) is 0 Å². The summed E-state index contributed by atoms with van der Waals surface area (Å²) in [7, 11) is -3.25. The number of halogens is 1. The summed E-state index contributed by atoms with van der Waals surface area (Å²) in [6.45, 7) is 6.59. The van der Waals surface area contributed by atoms with E-state index in [9.17, 15) is 13.2 Å². The quantitative estimate of drug-likeness (QED) is 0.811.